The molecule has 29 heavy (non-hydrogen) atoms. The van der Waals surface area contributed by atoms with Crippen molar-refractivity contribution in [2.24, 2.45) is 0 Å². The molecule has 0 aliphatic carbocycles. The molecule has 0 aliphatic rings. The predicted octanol–water partition coefficient (Wildman–Crippen LogP) is 3.25. The van der Waals surface area contributed by atoms with Gasteiger partial charge in [0.25, 0.3) is 0 Å². The van der Waals surface area contributed by atoms with Crippen LogP contribution in [0.2, 0.25) is 0 Å². The average Bonchev–Trinajstić information content (AvgIpc) is 3.18. The Hall–Kier alpha value is -3.14. The van der Waals surface area contributed by atoms with Crippen LogP contribution in [0.4, 0.5) is 10.1 Å². The fourth-order valence-electron chi connectivity index (χ4n) is 2.49. The van der Waals surface area contributed by atoms with Crippen molar-refractivity contribution in [1.82, 2.24) is 20.2 Å². The molecule has 1 atom stereocenters. The number of amides is 1. The summed E-state index contributed by atoms with van der Waals surface area (Å²) in [7, 11) is 3.10. The first-order chi connectivity index (χ1) is 13.9. The molecule has 1 N–H and O–H groups in total. The number of nitrogens with one attached hydrogen (secondary N) is 1. The number of nitrogens with zero attached hydrogens (tertiary/aromatic N) is 4. The molecule has 1 heterocycles. The summed E-state index contributed by atoms with van der Waals surface area (Å²) in [5, 5.41) is 14.3. The van der Waals surface area contributed by atoms with Gasteiger partial charge in [0.1, 0.15) is 23.0 Å². The first kappa shape index (κ1) is 20.6. The number of methoxy groups -OCH3 is 2. The smallest absolute Gasteiger partial charge is 0.237 e. The summed E-state index contributed by atoms with van der Waals surface area (Å²) in [6.07, 6.45) is 0. The van der Waals surface area contributed by atoms with Gasteiger partial charge in [-0.1, -0.05) is 17.8 Å². The Labute approximate surface area is 171 Å². The molecule has 0 saturated heterocycles. The van der Waals surface area contributed by atoms with Crippen LogP contribution in [-0.4, -0.2) is 45.6 Å². The Kier molecular flexibility index (Phi) is 6.32. The maximum Gasteiger partial charge on any atom is 0.237 e. The second kappa shape index (κ2) is 8.91. The van der Waals surface area contributed by atoms with Gasteiger partial charge in [0.2, 0.25) is 11.1 Å². The van der Waals surface area contributed by atoms with Crippen molar-refractivity contribution in [3.8, 4) is 17.2 Å². The minimum atomic E-state index is -0.541. The van der Waals surface area contributed by atoms with Crippen LogP contribution in [0.15, 0.2) is 41.6 Å². The lowest BCUT2D eigenvalue weighted by molar-refractivity contribution is -0.115. The second-order valence-corrected chi connectivity index (χ2v) is 7.43. The zero-order chi connectivity index (χ0) is 21.0. The number of carbonyl (C=O) groups excluding carboxylic acids is 1. The number of tetrazole rings is 1. The first-order valence-electron chi connectivity index (χ1n) is 8.67. The van der Waals surface area contributed by atoms with Gasteiger partial charge in [-0.3, -0.25) is 4.79 Å². The Morgan fingerprint density at radius 3 is 2.69 bits per heavy atom. The average molecular weight is 417 g/mol. The van der Waals surface area contributed by atoms with Gasteiger partial charge in [-0.25, -0.2) is 4.39 Å². The highest BCUT2D eigenvalue weighted by Crippen LogP contribution is 2.31. The van der Waals surface area contributed by atoms with Gasteiger partial charge in [0.15, 0.2) is 0 Å². The molecular weight excluding hydrogens is 397 g/mol. The second-order valence-electron chi connectivity index (χ2n) is 6.12. The highest BCUT2D eigenvalue weighted by atomic mass is 32.2. The summed E-state index contributed by atoms with van der Waals surface area (Å²) in [5.74, 6) is 0.481. The summed E-state index contributed by atoms with van der Waals surface area (Å²) in [4.78, 5) is 12.5. The molecule has 3 rings (SSSR count). The molecule has 8 nitrogen and oxygen atoms in total. The molecule has 0 aliphatic heterocycles. The van der Waals surface area contributed by atoms with E-state index in [1.807, 2.05) is 0 Å². The lowest BCUT2D eigenvalue weighted by atomic mass is 10.2. The Morgan fingerprint density at radius 1 is 1.21 bits per heavy atom. The number of hydrogen-bond donors (Lipinski definition) is 1. The quantitative estimate of drug-likeness (QED) is 0.590. The van der Waals surface area contributed by atoms with Gasteiger partial charge in [-0.05, 0) is 54.1 Å². The predicted molar refractivity (Wildman–Crippen MR) is 107 cm³/mol. The number of thioether (sulfide) groups is 1. The highest BCUT2D eigenvalue weighted by molar-refractivity contribution is 8.00. The summed E-state index contributed by atoms with van der Waals surface area (Å²) in [6.45, 7) is 3.37. The topological polar surface area (TPSA) is 91.2 Å². The van der Waals surface area contributed by atoms with E-state index in [4.69, 9.17) is 9.47 Å². The van der Waals surface area contributed by atoms with Crippen LogP contribution in [0.25, 0.3) is 5.69 Å². The van der Waals surface area contributed by atoms with Crippen LogP contribution in [0.5, 0.6) is 11.5 Å². The molecule has 0 fully saturated rings. The van der Waals surface area contributed by atoms with Crippen LogP contribution in [-0.2, 0) is 4.79 Å². The SMILES string of the molecule is COc1ccc(OC)c(-n2nnnc2SC(C)C(=O)Nc2ccc(C)c(F)c2)c1. The number of carbonyl (C=O) groups is 1. The monoisotopic (exact) mass is 417 g/mol. The number of hydrogen-bond acceptors (Lipinski definition) is 7. The zero-order valence-corrected chi connectivity index (χ0v) is 17.2. The van der Waals surface area contributed by atoms with Gasteiger partial charge >= 0.3 is 0 Å². The lowest BCUT2D eigenvalue weighted by Gasteiger charge is -2.14. The van der Waals surface area contributed by atoms with Crippen molar-refractivity contribution in [2.45, 2.75) is 24.3 Å². The third kappa shape index (κ3) is 4.65. The highest BCUT2D eigenvalue weighted by Gasteiger charge is 2.21. The number of rotatable bonds is 7. The van der Waals surface area contributed by atoms with E-state index in [1.54, 1.807) is 58.4 Å². The lowest BCUT2D eigenvalue weighted by Crippen LogP contribution is -2.23. The van der Waals surface area contributed by atoms with Gasteiger partial charge < -0.3 is 14.8 Å². The summed E-state index contributed by atoms with van der Waals surface area (Å²) >= 11 is 1.16. The summed E-state index contributed by atoms with van der Waals surface area (Å²) < 4.78 is 25.8. The molecule has 152 valence electrons. The van der Waals surface area contributed by atoms with Gasteiger partial charge in [0, 0.05) is 11.8 Å². The molecular formula is C19H20FN5O3S. The van der Waals surface area contributed by atoms with Crippen molar-refractivity contribution in [1.29, 1.82) is 0 Å². The molecule has 1 unspecified atom stereocenters. The number of ether oxygens (including phenoxy) is 2. The maximum atomic E-state index is 13.7. The van der Waals surface area contributed by atoms with Crippen molar-refractivity contribution in [2.75, 3.05) is 19.5 Å². The van der Waals surface area contributed by atoms with E-state index in [1.165, 1.54) is 10.7 Å². The molecule has 0 spiro atoms. The Bertz CT molecular complexity index is 1030. The van der Waals surface area contributed by atoms with Crippen LogP contribution in [0, 0.1) is 12.7 Å². The fourth-order valence-corrected chi connectivity index (χ4v) is 3.29. The summed E-state index contributed by atoms with van der Waals surface area (Å²) in [6, 6.07) is 9.79. The third-order valence-corrected chi connectivity index (χ3v) is 5.18. The number of halogens is 1. The normalized spacial score (nSPS) is 11.8. The van der Waals surface area contributed by atoms with Crippen LogP contribution in [0.1, 0.15) is 12.5 Å². The number of anilines is 1. The van der Waals surface area contributed by atoms with Gasteiger partial charge in [0.05, 0.1) is 19.5 Å². The minimum absolute atomic E-state index is 0.301. The molecule has 2 aromatic carbocycles. The third-order valence-electron chi connectivity index (χ3n) is 4.15. The van der Waals surface area contributed by atoms with Crippen LogP contribution < -0.4 is 14.8 Å². The molecule has 0 radical (unpaired) electrons. The maximum absolute atomic E-state index is 13.7. The van der Waals surface area contributed by atoms with Crippen molar-refractivity contribution in [3.05, 3.63) is 47.8 Å². The van der Waals surface area contributed by atoms with Crippen LogP contribution in [0.3, 0.4) is 0 Å². The molecule has 3 aromatic rings. The number of benzene rings is 2. The van der Waals surface area contributed by atoms with E-state index >= 15 is 0 Å². The zero-order valence-electron chi connectivity index (χ0n) is 16.3. The van der Waals surface area contributed by atoms with E-state index in [0.29, 0.717) is 33.6 Å². The van der Waals surface area contributed by atoms with E-state index in [0.717, 1.165) is 11.8 Å². The van der Waals surface area contributed by atoms with Gasteiger partial charge in [-0.15, -0.1) is 5.10 Å². The Morgan fingerprint density at radius 2 is 2.00 bits per heavy atom. The van der Waals surface area contributed by atoms with Crippen molar-refractivity contribution < 1.29 is 18.7 Å². The number of aryl methyl sites for hydroxylation is 1. The van der Waals surface area contributed by atoms with Crippen molar-refractivity contribution in [3.63, 3.8) is 0 Å². The van der Waals surface area contributed by atoms with E-state index < -0.39 is 5.25 Å². The summed E-state index contributed by atoms with van der Waals surface area (Å²) in [5.41, 5.74) is 1.48. The minimum Gasteiger partial charge on any atom is -0.497 e. The largest absolute Gasteiger partial charge is 0.497 e. The number of aromatic nitrogens is 4. The molecule has 0 bridgehead atoms. The Balaban J connectivity index is 1.79. The van der Waals surface area contributed by atoms with E-state index in [9.17, 15) is 9.18 Å². The molecule has 0 saturated carbocycles. The standard InChI is InChI=1S/C19H20FN5O3S/c1-11-5-6-13(9-15(11)20)21-18(26)12(2)29-19-22-23-24-25(19)16-10-14(27-3)7-8-17(16)28-4/h5-10,12H,1-4H3,(H,21,26). The van der Waals surface area contributed by atoms with E-state index in [2.05, 4.69) is 20.8 Å². The molecule has 1 amide bonds. The van der Waals surface area contributed by atoms with Crippen LogP contribution >= 0.6 is 11.8 Å². The molecule has 10 heteroatoms. The van der Waals surface area contributed by atoms with E-state index in [-0.39, 0.29) is 11.7 Å². The van der Waals surface area contributed by atoms with Gasteiger partial charge in [-0.2, -0.15) is 4.68 Å². The fraction of sp³-hybridized carbons (Fsp3) is 0.263. The molecule has 1 aromatic heterocycles. The van der Waals surface area contributed by atoms with Crippen molar-refractivity contribution >= 4 is 23.4 Å². The first-order valence-corrected chi connectivity index (χ1v) is 9.55.